The predicted molar refractivity (Wildman–Crippen MR) is 252 cm³/mol. The molecule has 4 saturated carbocycles. The maximum Gasteiger partial charge on any atom is 0.412 e. The summed E-state index contributed by atoms with van der Waals surface area (Å²) in [6, 6.07) is 10.4. The highest BCUT2D eigenvalue weighted by atomic mass is 19.1. The molecule has 402 valence electrons. The van der Waals surface area contributed by atoms with Gasteiger partial charge in [0.2, 0.25) is 0 Å². The highest BCUT2D eigenvalue weighted by Crippen LogP contribution is 2.70. The second-order valence-corrected chi connectivity index (χ2v) is 22.6. The highest BCUT2D eigenvalue weighted by molar-refractivity contribution is 5.87. The maximum atomic E-state index is 14.7. The number of ketones is 1. The Hall–Kier alpha value is -3.93. The molecule has 1 spiro atoms. The van der Waals surface area contributed by atoms with Gasteiger partial charge in [-0.05, 0) is 104 Å². The van der Waals surface area contributed by atoms with E-state index < -0.39 is 110 Å². The monoisotopic (exact) mass is 1030 g/mol. The van der Waals surface area contributed by atoms with Gasteiger partial charge in [0, 0.05) is 30.1 Å². The van der Waals surface area contributed by atoms with Crippen molar-refractivity contribution in [1.82, 2.24) is 0 Å². The molecule has 22 atom stereocenters. The number of aliphatic hydroxyl groups excluding tert-OH is 5. The third-order valence-electron chi connectivity index (χ3n) is 18.7. The lowest BCUT2D eigenvalue weighted by Crippen LogP contribution is -2.65. The normalized spacial score (nSPS) is 45.1. The summed E-state index contributed by atoms with van der Waals surface area (Å²) < 4.78 is 77.0. The number of hydrogen-bond donors (Lipinski definition) is 7. The van der Waals surface area contributed by atoms with Gasteiger partial charge in [0.1, 0.15) is 66.8 Å². The number of rotatable bonds is 10. The molecule has 0 bridgehead atoms. The lowest BCUT2D eigenvalue weighted by atomic mass is 9.44. The Morgan fingerprint density at radius 2 is 1.41 bits per heavy atom. The third-order valence-corrected chi connectivity index (χ3v) is 18.7. The Bertz CT molecular complexity index is 2340. The number of nitrogens with one attached hydrogen (secondary N) is 2. The van der Waals surface area contributed by atoms with Crippen LogP contribution >= 0.6 is 0 Å². The van der Waals surface area contributed by atoms with Gasteiger partial charge < -0.3 is 63.4 Å². The molecule has 1 unspecified atom stereocenters. The van der Waals surface area contributed by atoms with E-state index in [1.54, 1.807) is 0 Å². The van der Waals surface area contributed by atoms with Gasteiger partial charge in [0.25, 0.3) is 0 Å². The summed E-state index contributed by atoms with van der Waals surface area (Å²) in [6.45, 7) is 8.11. The highest BCUT2D eigenvalue weighted by Gasteiger charge is 2.72. The third kappa shape index (κ3) is 9.48. The molecule has 4 aliphatic heterocycles. The molecule has 4 aliphatic carbocycles. The van der Waals surface area contributed by atoms with E-state index in [0.717, 1.165) is 50.7 Å². The van der Waals surface area contributed by atoms with E-state index in [1.165, 1.54) is 36.4 Å². The number of Topliss-reactive ketones (excluding diaryl/α,β-unsaturated/α-hetero) is 1. The largest absolute Gasteiger partial charge is 0.446 e. The summed E-state index contributed by atoms with van der Waals surface area (Å²) in [5.74, 6) is -0.0493. The van der Waals surface area contributed by atoms with Crippen molar-refractivity contribution in [3.63, 3.8) is 0 Å². The number of fused-ring (bicyclic) bond motifs is 7. The summed E-state index contributed by atoms with van der Waals surface area (Å²) in [5.41, 5.74) is -1.08. The molecule has 10 rings (SSSR count). The minimum Gasteiger partial charge on any atom is -0.446 e. The summed E-state index contributed by atoms with van der Waals surface area (Å²) in [7, 11) is 0. The molecule has 0 radical (unpaired) electrons. The summed E-state index contributed by atoms with van der Waals surface area (Å²) in [5, 5.41) is 60.8. The zero-order valence-electron chi connectivity index (χ0n) is 41.6. The van der Waals surface area contributed by atoms with E-state index in [0.29, 0.717) is 43.5 Å². The van der Waals surface area contributed by atoms with Gasteiger partial charge in [0.05, 0.1) is 36.8 Å². The molecular formula is C53H70F2N2O16. The minimum atomic E-state index is -2.04. The molecule has 7 N–H and O–H groups in total. The van der Waals surface area contributed by atoms with E-state index in [1.807, 2.05) is 0 Å². The molecule has 2 amide bonds. The number of amides is 2. The Morgan fingerprint density at radius 1 is 0.767 bits per heavy atom. The van der Waals surface area contributed by atoms with Crippen molar-refractivity contribution < 1.29 is 86.6 Å². The van der Waals surface area contributed by atoms with Crippen LogP contribution in [0.2, 0.25) is 0 Å². The fourth-order valence-corrected chi connectivity index (χ4v) is 14.7. The summed E-state index contributed by atoms with van der Waals surface area (Å²) in [4.78, 5) is 40.4. The van der Waals surface area contributed by atoms with Gasteiger partial charge in [-0.2, -0.15) is 0 Å². The smallest absolute Gasteiger partial charge is 0.412 e. The number of halogens is 2. The Labute approximate surface area is 422 Å². The van der Waals surface area contributed by atoms with Crippen LogP contribution in [-0.4, -0.2) is 143 Å². The molecule has 18 nitrogen and oxygen atoms in total. The molecule has 8 aliphatic rings. The maximum absolute atomic E-state index is 14.7. The van der Waals surface area contributed by atoms with Crippen LogP contribution < -0.4 is 10.6 Å². The van der Waals surface area contributed by atoms with Crippen LogP contribution in [0.4, 0.5) is 29.7 Å². The average molecular weight is 1030 g/mol. The molecule has 20 heteroatoms. The topological polar surface area (TPSA) is 250 Å². The van der Waals surface area contributed by atoms with Gasteiger partial charge in [-0.25, -0.2) is 18.4 Å². The number of carbonyl (C=O) groups is 3. The van der Waals surface area contributed by atoms with E-state index >= 15 is 0 Å². The number of aliphatic hydroxyl groups is 5. The first-order valence-electron chi connectivity index (χ1n) is 26.1. The molecule has 2 aromatic carbocycles. The first-order valence-corrected chi connectivity index (χ1v) is 26.1. The lowest BCUT2D eigenvalue weighted by molar-refractivity contribution is -0.363. The second kappa shape index (κ2) is 20.5. The molecule has 8 fully saturated rings. The Kier molecular flexibility index (Phi) is 14.8. The predicted octanol–water partition coefficient (Wildman–Crippen LogP) is 5.41. The van der Waals surface area contributed by atoms with Crippen LogP contribution in [0, 0.1) is 63.9 Å². The fourth-order valence-electron chi connectivity index (χ4n) is 14.7. The van der Waals surface area contributed by atoms with Crippen molar-refractivity contribution in [2.24, 2.45) is 52.3 Å². The van der Waals surface area contributed by atoms with Crippen LogP contribution in [0.3, 0.4) is 0 Å². The first-order chi connectivity index (χ1) is 34.8. The van der Waals surface area contributed by atoms with Gasteiger partial charge in [-0.15, -0.1) is 0 Å². The summed E-state index contributed by atoms with van der Waals surface area (Å²) in [6.07, 6.45) is -12.9. The molecule has 4 heterocycles. The molecule has 2 aromatic rings. The quantitative estimate of drug-likeness (QED) is 0.147. The van der Waals surface area contributed by atoms with E-state index in [-0.39, 0.29) is 58.6 Å². The first kappa shape index (κ1) is 52.5. The van der Waals surface area contributed by atoms with Crippen molar-refractivity contribution in [1.29, 1.82) is 0 Å². The van der Waals surface area contributed by atoms with Crippen molar-refractivity contribution in [2.45, 2.75) is 165 Å². The van der Waals surface area contributed by atoms with Gasteiger partial charge >= 0.3 is 12.2 Å². The molecule has 4 saturated heterocycles. The van der Waals surface area contributed by atoms with Crippen LogP contribution in [0.25, 0.3) is 0 Å². The van der Waals surface area contributed by atoms with E-state index in [9.17, 15) is 48.7 Å². The molecular weight excluding hydrogens is 959 g/mol. The van der Waals surface area contributed by atoms with E-state index in [2.05, 4.69) is 38.3 Å². The van der Waals surface area contributed by atoms with Crippen molar-refractivity contribution >= 4 is 29.3 Å². The Morgan fingerprint density at radius 3 is 2.07 bits per heavy atom. The average Bonchev–Trinajstić information content (AvgIpc) is 3.82. The van der Waals surface area contributed by atoms with Crippen molar-refractivity contribution in [3.05, 3.63) is 60.2 Å². The minimum absolute atomic E-state index is 0.000483. The number of anilines is 2. The number of hydrogen-bond acceptors (Lipinski definition) is 16. The number of para-hydroxylation sites is 2. The SMILES string of the molecule is C[C@@H]1CC[C@@]2(OC1)O[C@H]1C[C@H]3[C@@H]4CC[C@H]5C[C@@H](OC6O[C@H](CO)[C@@H](O[C@@H]7O[C@H](COC(=O)Nc8ccccc8F)[C@@H](OC(=O)Nc8ccccc8F)[C@H](O)[C@H]7O)[C@H](O)[C@H]6O)CC[C@]5(C)[C@H]4CC(=O)[C@]3(C)[C@H]1[C@@H]2C. The van der Waals surface area contributed by atoms with Crippen molar-refractivity contribution in [3.8, 4) is 0 Å². The number of carbonyl (C=O) groups excluding carboxylic acids is 3. The zero-order valence-corrected chi connectivity index (χ0v) is 41.6. The summed E-state index contributed by atoms with van der Waals surface area (Å²) >= 11 is 0. The fraction of sp³-hybridized carbons (Fsp3) is 0.717. The van der Waals surface area contributed by atoms with Crippen LogP contribution in [0.15, 0.2) is 48.5 Å². The number of benzene rings is 2. The second-order valence-electron chi connectivity index (χ2n) is 22.6. The van der Waals surface area contributed by atoms with Crippen molar-refractivity contribution in [2.75, 3.05) is 30.5 Å². The zero-order chi connectivity index (χ0) is 51.7. The molecule has 0 aromatic heterocycles. The van der Waals surface area contributed by atoms with E-state index in [4.69, 9.17) is 37.9 Å². The van der Waals surface area contributed by atoms with Crippen LogP contribution in [0.1, 0.15) is 85.5 Å². The van der Waals surface area contributed by atoms with Crippen LogP contribution in [-0.2, 0) is 42.7 Å². The Balaban J connectivity index is 0.774. The standard InChI is InChI=1S/C53H70F2N2O16/c1-25-15-18-53(67-23-25)26(2)40-36(73-53)20-31-29-14-13-27-19-28(16-17-51(27,3)30(29)21-39(59)52(31,40)4)68-47-43(62)41(60)45(37(22-58)69-47)71-48-44(63)42(61)46(72-50(65)57-35-12-8-6-10-33(35)55)38(70-48)24-66-49(64)56-34-11-7-5-9-32(34)54/h5-12,25-31,36-38,40-48,58,60-63H,13-24H2,1-4H3,(H,56,64)(H,57,65)/t25-,26+,27+,28+,29-,30+,31+,36+,37-,38-,40+,41-,42-,43-,44-,45-,46-,47?,48+,51+,52-,53-/m1/s1. The van der Waals surface area contributed by atoms with Gasteiger partial charge in [-0.3, -0.25) is 15.4 Å². The van der Waals surface area contributed by atoms with Gasteiger partial charge in [0.15, 0.2) is 24.5 Å². The molecule has 73 heavy (non-hydrogen) atoms. The lowest BCUT2D eigenvalue weighted by Gasteiger charge is -2.60. The number of ether oxygens (including phenoxy) is 8. The van der Waals surface area contributed by atoms with Gasteiger partial charge in [-0.1, -0.05) is 52.0 Å². The van der Waals surface area contributed by atoms with Crippen LogP contribution in [0.5, 0.6) is 0 Å².